The molecule has 20 heavy (non-hydrogen) atoms. The third-order valence-corrected chi connectivity index (χ3v) is 3.97. The summed E-state index contributed by atoms with van der Waals surface area (Å²) in [4.78, 5) is 17.3. The zero-order chi connectivity index (χ0) is 14.7. The molecule has 0 saturated heterocycles. The molecule has 0 atom stereocenters. The van der Waals surface area contributed by atoms with E-state index in [1.54, 1.807) is 17.1 Å². The highest BCUT2D eigenvalue weighted by atomic mass is 35.5. The summed E-state index contributed by atoms with van der Waals surface area (Å²) in [5.74, 6) is 0. The second-order valence-electron chi connectivity index (χ2n) is 3.82. The summed E-state index contributed by atoms with van der Waals surface area (Å²) in [6, 6.07) is 3.70. The number of nitrogens with zero attached hydrogens (tertiary/aromatic N) is 4. The summed E-state index contributed by atoms with van der Waals surface area (Å²) in [5.41, 5.74) is 1.40. The van der Waals surface area contributed by atoms with Gasteiger partial charge in [-0.25, -0.2) is 9.48 Å². The summed E-state index contributed by atoms with van der Waals surface area (Å²) in [5, 5.41) is 5.13. The van der Waals surface area contributed by atoms with Gasteiger partial charge in [-0.3, -0.25) is 9.88 Å². The van der Waals surface area contributed by atoms with Crippen molar-refractivity contribution in [3.05, 3.63) is 29.7 Å². The van der Waals surface area contributed by atoms with Gasteiger partial charge in [0.1, 0.15) is 10.7 Å². The third kappa shape index (κ3) is 2.79. The zero-order valence-electron chi connectivity index (χ0n) is 11.0. The molecule has 0 aliphatic rings. The molecule has 0 aliphatic heterocycles. The van der Waals surface area contributed by atoms with Crippen LogP contribution in [0.5, 0.6) is 0 Å². The molecule has 1 amide bonds. The maximum Gasteiger partial charge on any atom is 0.431 e. The van der Waals surface area contributed by atoms with Gasteiger partial charge in [0.25, 0.3) is 0 Å². The van der Waals surface area contributed by atoms with Crippen molar-refractivity contribution >= 4 is 46.9 Å². The number of aromatic nitrogens is 3. The van der Waals surface area contributed by atoms with Gasteiger partial charge in [0.15, 0.2) is 5.15 Å². The Morgan fingerprint density at radius 2 is 2.35 bits per heavy atom. The van der Waals surface area contributed by atoms with Gasteiger partial charge in [-0.15, -0.1) is 11.8 Å². The molecule has 2 aromatic heterocycles. The Labute approximate surface area is 131 Å². The lowest BCUT2D eigenvalue weighted by Crippen LogP contribution is -2.27. The minimum absolute atomic E-state index is 0.254. The Morgan fingerprint density at radius 3 is 2.85 bits per heavy atom. The largest absolute Gasteiger partial charge is 0.431 e. The Balaban J connectivity index is 2.60. The van der Waals surface area contributed by atoms with Crippen LogP contribution in [0.1, 0.15) is 6.92 Å². The first kappa shape index (κ1) is 15.2. The van der Waals surface area contributed by atoms with Crippen molar-refractivity contribution in [1.82, 2.24) is 14.8 Å². The Kier molecular flexibility index (Phi) is 4.95. The Morgan fingerprint density at radius 1 is 1.60 bits per heavy atom. The average Bonchev–Trinajstić information content (AvgIpc) is 2.77. The highest BCUT2D eigenvalue weighted by molar-refractivity contribution is 7.98. The Hall–Kier alpha value is -1.18. The van der Waals surface area contributed by atoms with Gasteiger partial charge in [0, 0.05) is 12.7 Å². The smallest absolute Gasteiger partial charge is 0.262 e. The molecule has 0 bridgehead atoms. The van der Waals surface area contributed by atoms with E-state index in [9.17, 15) is 4.79 Å². The van der Waals surface area contributed by atoms with E-state index in [2.05, 4.69) is 22.7 Å². The van der Waals surface area contributed by atoms with Gasteiger partial charge >= 0.3 is 5.24 Å². The third-order valence-electron chi connectivity index (χ3n) is 2.69. The number of rotatable bonds is 4. The molecule has 0 saturated carbocycles. The zero-order valence-corrected chi connectivity index (χ0v) is 13.6. The molecule has 2 rings (SSSR count). The molecule has 2 heterocycles. The van der Waals surface area contributed by atoms with E-state index in [1.165, 1.54) is 16.7 Å². The molecular weight excluding hydrogens is 316 g/mol. The van der Waals surface area contributed by atoms with Gasteiger partial charge in [-0.05, 0) is 25.3 Å². The van der Waals surface area contributed by atoms with Gasteiger partial charge in [-0.2, -0.15) is 5.10 Å². The van der Waals surface area contributed by atoms with Crippen molar-refractivity contribution < 1.29 is 4.79 Å². The number of thioether (sulfide) groups is 1. The van der Waals surface area contributed by atoms with Crippen molar-refractivity contribution in [2.45, 2.75) is 11.9 Å². The van der Waals surface area contributed by atoms with Crippen LogP contribution in [0.15, 0.2) is 29.6 Å². The fraction of sp³-hybridized carbons (Fsp3) is 0.250. The predicted molar refractivity (Wildman–Crippen MR) is 86.7 cm³/mol. The number of carbonyl (C=O) groups is 1. The average molecular weight is 330 g/mol. The molecule has 0 unspecified atom stereocenters. The predicted octanol–water partition coefficient (Wildman–Crippen LogP) is 2.60. The van der Waals surface area contributed by atoms with Crippen LogP contribution in [0.3, 0.4) is 0 Å². The lowest BCUT2D eigenvalue weighted by Gasteiger charge is -2.15. The number of amides is 1. The van der Waals surface area contributed by atoms with Crippen LogP contribution in [-0.2, 0) is 12.6 Å². The molecule has 2 aromatic rings. The van der Waals surface area contributed by atoms with Gasteiger partial charge in [-0.1, -0.05) is 11.6 Å². The maximum absolute atomic E-state index is 11.7. The van der Waals surface area contributed by atoms with Crippen molar-refractivity contribution in [1.29, 1.82) is 0 Å². The van der Waals surface area contributed by atoms with Crippen molar-refractivity contribution in [3.8, 4) is 5.69 Å². The number of carbonyl (C=O) groups excluding carboxylic acids is 1. The number of halogens is 1. The first-order valence-electron chi connectivity index (χ1n) is 5.86. The van der Waals surface area contributed by atoms with E-state index in [4.69, 9.17) is 11.6 Å². The highest BCUT2D eigenvalue weighted by Gasteiger charge is 2.26. The van der Waals surface area contributed by atoms with Crippen LogP contribution in [0.4, 0.5) is 10.5 Å². The second-order valence-corrected chi connectivity index (χ2v) is 5.40. The van der Waals surface area contributed by atoms with Crippen LogP contribution in [0.25, 0.3) is 5.69 Å². The normalized spacial score (nSPS) is 10.6. The summed E-state index contributed by atoms with van der Waals surface area (Å²) in [6.45, 7) is 2.37. The molecule has 0 N–H and O–H groups in total. The van der Waals surface area contributed by atoms with Crippen LogP contribution in [0.2, 0.25) is 5.15 Å². The first-order chi connectivity index (χ1) is 9.60. The first-order valence-corrected chi connectivity index (χ1v) is 7.96. The maximum atomic E-state index is 11.7. The van der Waals surface area contributed by atoms with Gasteiger partial charge in [0.05, 0.1) is 24.5 Å². The van der Waals surface area contributed by atoms with E-state index >= 15 is 0 Å². The van der Waals surface area contributed by atoms with Crippen molar-refractivity contribution in [2.75, 3.05) is 17.7 Å². The van der Waals surface area contributed by atoms with E-state index in [1.807, 2.05) is 25.3 Å². The lowest BCUT2D eigenvalue weighted by atomic mass is 10.4. The summed E-state index contributed by atoms with van der Waals surface area (Å²) >= 11 is 10.7. The molecule has 0 aromatic carbocycles. The van der Waals surface area contributed by atoms with E-state index in [0.29, 0.717) is 12.2 Å². The van der Waals surface area contributed by atoms with Crippen LogP contribution >= 0.6 is 23.4 Å². The SMILES string of the molecule is CCN(C(=O)[SH2+])c1c(Cl)nn(-c2cccnc2)c1SC. The quantitative estimate of drug-likeness (QED) is 0.639. The fourth-order valence-electron chi connectivity index (χ4n) is 1.84. The number of hydrogen-bond donors (Lipinski definition) is 0. The molecule has 0 fully saturated rings. The number of hydrogen-bond acceptors (Lipinski definition) is 4. The van der Waals surface area contributed by atoms with Crippen LogP contribution < -0.4 is 4.90 Å². The standard InChI is InChI=1S/C12H13ClN4OS2/c1-3-16(12(18)19)9-10(13)15-17(11(9)20-2)8-5-4-6-14-7-8/h4-7H,3H2,1-2H3,(H,18,19)/p+1. The summed E-state index contributed by atoms with van der Waals surface area (Å²) in [6.07, 6.45) is 5.29. The molecular formula is C12H14ClN4OS2+. The molecule has 5 nitrogen and oxygen atoms in total. The molecule has 0 radical (unpaired) electrons. The molecule has 8 heteroatoms. The fourth-order valence-corrected chi connectivity index (χ4v) is 3.15. The van der Waals surface area contributed by atoms with Crippen molar-refractivity contribution in [2.24, 2.45) is 0 Å². The second kappa shape index (κ2) is 6.51. The lowest BCUT2D eigenvalue weighted by molar-refractivity contribution is 0.265. The molecule has 0 spiro atoms. The van der Waals surface area contributed by atoms with E-state index < -0.39 is 0 Å². The van der Waals surface area contributed by atoms with Crippen LogP contribution in [0, 0.1) is 0 Å². The molecule has 0 aliphatic carbocycles. The van der Waals surface area contributed by atoms with Crippen LogP contribution in [-0.4, -0.2) is 32.8 Å². The Bertz CT molecular complexity index is 617. The molecule has 106 valence electrons. The highest BCUT2D eigenvalue weighted by Crippen LogP contribution is 2.37. The van der Waals surface area contributed by atoms with Crippen molar-refractivity contribution in [3.63, 3.8) is 0 Å². The van der Waals surface area contributed by atoms with E-state index in [0.717, 1.165) is 10.7 Å². The number of anilines is 1. The van der Waals surface area contributed by atoms with Gasteiger partial charge in [0.2, 0.25) is 0 Å². The van der Waals surface area contributed by atoms with E-state index in [-0.39, 0.29) is 10.4 Å². The topological polar surface area (TPSA) is 51.0 Å². The minimum atomic E-state index is -0.254. The monoisotopic (exact) mass is 329 g/mol. The summed E-state index contributed by atoms with van der Waals surface area (Å²) < 4.78 is 1.69. The van der Waals surface area contributed by atoms with Gasteiger partial charge < -0.3 is 0 Å². The number of pyridine rings is 1. The summed E-state index contributed by atoms with van der Waals surface area (Å²) in [7, 11) is 0. The minimum Gasteiger partial charge on any atom is -0.262 e.